The van der Waals surface area contributed by atoms with Crippen molar-refractivity contribution >= 4 is 38.4 Å². The van der Waals surface area contributed by atoms with Gasteiger partial charge in [0.25, 0.3) is 0 Å². The lowest BCUT2D eigenvalue weighted by molar-refractivity contribution is 1.30. The molecule has 0 amide bonds. The maximum Gasteiger partial charge on any atom is -0.00698 e. The molecule has 0 aromatic heterocycles. The summed E-state index contributed by atoms with van der Waals surface area (Å²) in [6.07, 6.45) is 5.59. The first-order valence-corrected chi connectivity index (χ1v) is 7.44. The standard InChI is InChI=1S/C21H14/c1-2-9-17-14(5-1)11-12-18-19-10-4-7-15-6-3-8-16(21(15)19)13-20(17)18/h1-5,7-13H,6H2. The van der Waals surface area contributed by atoms with Crippen LogP contribution in [0.4, 0.5) is 0 Å². The molecule has 0 aliphatic heterocycles. The Kier molecular flexibility index (Phi) is 2.09. The molecule has 0 nitrogen and oxygen atoms in total. The van der Waals surface area contributed by atoms with Crippen LogP contribution in [-0.4, -0.2) is 0 Å². The zero-order valence-corrected chi connectivity index (χ0v) is 11.6. The Hall–Kier alpha value is -2.60. The summed E-state index contributed by atoms with van der Waals surface area (Å²) in [6, 6.07) is 22.2. The van der Waals surface area contributed by atoms with Crippen LogP contribution < -0.4 is 0 Å². The fraction of sp³-hybridized carbons (Fsp3) is 0.0476. The molecule has 1 aliphatic carbocycles. The molecular formula is C21H14. The van der Waals surface area contributed by atoms with E-state index in [0.717, 1.165) is 6.42 Å². The molecule has 0 radical (unpaired) electrons. The molecule has 0 saturated heterocycles. The largest absolute Gasteiger partial charge is 0.0795 e. The Morgan fingerprint density at radius 3 is 2.57 bits per heavy atom. The maximum absolute atomic E-state index is 2.36. The van der Waals surface area contributed by atoms with Gasteiger partial charge in [-0.25, -0.2) is 0 Å². The highest BCUT2D eigenvalue weighted by Crippen LogP contribution is 2.37. The van der Waals surface area contributed by atoms with Crippen molar-refractivity contribution in [1.82, 2.24) is 0 Å². The predicted molar refractivity (Wildman–Crippen MR) is 91.7 cm³/mol. The third-order valence-electron chi connectivity index (χ3n) is 4.64. The van der Waals surface area contributed by atoms with Gasteiger partial charge in [-0.15, -0.1) is 0 Å². The number of hydrogen-bond acceptors (Lipinski definition) is 0. The van der Waals surface area contributed by atoms with E-state index in [-0.39, 0.29) is 0 Å². The summed E-state index contributed by atoms with van der Waals surface area (Å²) < 4.78 is 0. The van der Waals surface area contributed by atoms with Crippen molar-refractivity contribution in [2.45, 2.75) is 6.42 Å². The van der Waals surface area contributed by atoms with Gasteiger partial charge < -0.3 is 0 Å². The summed E-state index contributed by atoms with van der Waals surface area (Å²) in [5.74, 6) is 0. The van der Waals surface area contributed by atoms with Crippen LogP contribution in [0.25, 0.3) is 38.4 Å². The van der Waals surface area contributed by atoms with Gasteiger partial charge in [0, 0.05) is 0 Å². The average molecular weight is 266 g/mol. The van der Waals surface area contributed by atoms with E-state index >= 15 is 0 Å². The average Bonchev–Trinajstić information content (AvgIpc) is 2.55. The van der Waals surface area contributed by atoms with Crippen molar-refractivity contribution in [1.29, 1.82) is 0 Å². The molecule has 0 fully saturated rings. The lowest BCUT2D eigenvalue weighted by Crippen LogP contribution is -1.93. The van der Waals surface area contributed by atoms with Crippen LogP contribution >= 0.6 is 0 Å². The lowest BCUT2D eigenvalue weighted by atomic mass is 9.88. The molecule has 0 heteroatoms. The maximum atomic E-state index is 2.36. The van der Waals surface area contributed by atoms with Gasteiger partial charge in [0.1, 0.15) is 0 Å². The van der Waals surface area contributed by atoms with E-state index in [9.17, 15) is 0 Å². The van der Waals surface area contributed by atoms with Gasteiger partial charge in [-0.1, -0.05) is 66.7 Å². The number of fused-ring (bicyclic) bond motifs is 4. The van der Waals surface area contributed by atoms with Crippen molar-refractivity contribution in [3.8, 4) is 0 Å². The minimum absolute atomic E-state index is 1.05. The fourth-order valence-corrected chi connectivity index (χ4v) is 3.69. The predicted octanol–water partition coefficient (Wildman–Crippen LogP) is 5.72. The number of rotatable bonds is 0. The second-order valence-corrected chi connectivity index (χ2v) is 5.79. The van der Waals surface area contributed by atoms with Gasteiger partial charge in [-0.3, -0.25) is 0 Å². The van der Waals surface area contributed by atoms with Gasteiger partial charge in [-0.05, 0) is 55.9 Å². The summed E-state index contributed by atoms with van der Waals surface area (Å²) >= 11 is 0. The second-order valence-electron chi connectivity index (χ2n) is 5.79. The first-order valence-electron chi connectivity index (χ1n) is 7.44. The van der Waals surface area contributed by atoms with Crippen LogP contribution in [0.5, 0.6) is 0 Å². The molecule has 0 spiro atoms. The van der Waals surface area contributed by atoms with Gasteiger partial charge in [0.2, 0.25) is 0 Å². The Balaban J connectivity index is 2.11. The van der Waals surface area contributed by atoms with Crippen molar-refractivity contribution in [3.05, 3.63) is 77.9 Å². The summed E-state index contributed by atoms with van der Waals surface area (Å²) in [7, 11) is 0. The smallest absolute Gasteiger partial charge is 0.00698 e. The van der Waals surface area contributed by atoms with Crippen molar-refractivity contribution in [2.75, 3.05) is 0 Å². The highest BCUT2D eigenvalue weighted by Gasteiger charge is 2.12. The molecule has 21 heavy (non-hydrogen) atoms. The van der Waals surface area contributed by atoms with Crippen LogP contribution in [0.2, 0.25) is 0 Å². The van der Waals surface area contributed by atoms with Crippen LogP contribution in [0.15, 0.2) is 66.7 Å². The summed E-state index contributed by atoms with van der Waals surface area (Å²) in [5, 5.41) is 8.20. The van der Waals surface area contributed by atoms with Gasteiger partial charge in [0.05, 0.1) is 0 Å². The topological polar surface area (TPSA) is 0 Å². The van der Waals surface area contributed by atoms with E-state index in [0.29, 0.717) is 0 Å². The third kappa shape index (κ3) is 1.45. The molecule has 0 bridgehead atoms. The van der Waals surface area contributed by atoms with E-state index in [1.807, 2.05) is 0 Å². The molecule has 0 saturated carbocycles. The van der Waals surface area contributed by atoms with Gasteiger partial charge in [0.15, 0.2) is 0 Å². The van der Waals surface area contributed by atoms with E-state index in [2.05, 4.69) is 72.8 Å². The van der Waals surface area contributed by atoms with Crippen LogP contribution in [0, 0.1) is 0 Å². The van der Waals surface area contributed by atoms with E-state index < -0.39 is 0 Å². The Morgan fingerprint density at radius 1 is 0.667 bits per heavy atom. The van der Waals surface area contributed by atoms with Crippen molar-refractivity contribution in [3.63, 3.8) is 0 Å². The summed E-state index contributed by atoms with van der Waals surface area (Å²) in [5.41, 5.74) is 2.80. The SMILES string of the molecule is C1=Cc2cc3c4ccccc4ccc3c3cccc(c23)C1. The molecule has 0 atom stereocenters. The minimum atomic E-state index is 1.05. The molecule has 4 aromatic carbocycles. The highest BCUT2D eigenvalue weighted by molar-refractivity contribution is 6.19. The van der Waals surface area contributed by atoms with Crippen LogP contribution in [0.3, 0.4) is 0 Å². The van der Waals surface area contributed by atoms with E-state index in [1.54, 1.807) is 0 Å². The molecule has 0 N–H and O–H groups in total. The van der Waals surface area contributed by atoms with E-state index in [1.165, 1.54) is 43.4 Å². The van der Waals surface area contributed by atoms with E-state index in [4.69, 9.17) is 0 Å². The monoisotopic (exact) mass is 266 g/mol. The Labute approximate surface area is 123 Å². The molecule has 0 heterocycles. The van der Waals surface area contributed by atoms with Crippen molar-refractivity contribution < 1.29 is 0 Å². The van der Waals surface area contributed by atoms with Crippen molar-refractivity contribution in [2.24, 2.45) is 0 Å². The Bertz CT molecular complexity index is 1050. The molecule has 1 aliphatic rings. The van der Waals surface area contributed by atoms with Crippen LogP contribution in [-0.2, 0) is 6.42 Å². The quantitative estimate of drug-likeness (QED) is 0.357. The number of benzene rings is 4. The van der Waals surface area contributed by atoms with Gasteiger partial charge in [-0.2, -0.15) is 0 Å². The first kappa shape index (κ1) is 11.1. The zero-order valence-electron chi connectivity index (χ0n) is 11.6. The molecule has 5 rings (SSSR count). The highest BCUT2D eigenvalue weighted by atomic mass is 14.2. The molecule has 4 aromatic rings. The summed E-state index contributed by atoms with van der Waals surface area (Å²) in [6.45, 7) is 0. The summed E-state index contributed by atoms with van der Waals surface area (Å²) in [4.78, 5) is 0. The Morgan fingerprint density at radius 2 is 1.57 bits per heavy atom. The molecule has 0 unspecified atom stereocenters. The normalized spacial score (nSPS) is 13.3. The lowest BCUT2D eigenvalue weighted by Gasteiger charge is -2.16. The first-order chi connectivity index (χ1) is 10.4. The number of hydrogen-bond donors (Lipinski definition) is 0. The third-order valence-corrected chi connectivity index (χ3v) is 4.64. The van der Waals surface area contributed by atoms with Gasteiger partial charge >= 0.3 is 0 Å². The fourth-order valence-electron chi connectivity index (χ4n) is 3.69. The number of allylic oxidation sites excluding steroid dienone is 1. The van der Waals surface area contributed by atoms with Crippen LogP contribution in [0.1, 0.15) is 11.1 Å². The zero-order chi connectivity index (χ0) is 13.8. The minimum Gasteiger partial charge on any atom is -0.0795 e. The molecule has 98 valence electrons. The second kappa shape index (κ2) is 3.95. The molecular weight excluding hydrogens is 252 g/mol.